The average Bonchev–Trinajstić information content (AvgIpc) is 2.66. The van der Waals surface area contributed by atoms with Crippen LogP contribution in [-0.4, -0.2) is 20.6 Å². The molecule has 0 aliphatic rings. The highest BCUT2D eigenvalue weighted by Crippen LogP contribution is 2.29. The molecule has 1 aromatic heterocycles. The molecule has 0 fully saturated rings. The van der Waals surface area contributed by atoms with E-state index in [0.717, 1.165) is 10.4 Å². The van der Waals surface area contributed by atoms with E-state index in [0.29, 0.717) is 4.34 Å². The minimum absolute atomic E-state index is 0.222. The second-order valence-corrected chi connectivity index (χ2v) is 5.58. The molecule has 1 aromatic carbocycles. The van der Waals surface area contributed by atoms with Gasteiger partial charge in [0.1, 0.15) is 5.75 Å². The summed E-state index contributed by atoms with van der Waals surface area (Å²) in [6, 6.07) is 6.93. The monoisotopic (exact) mass is 239 g/mol. The second-order valence-electron chi connectivity index (χ2n) is 2.99. The maximum absolute atomic E-state index is 11.2. The van der Waals surface area contributed by atoms with E-state index in [-0.39, 0.29) is 5.75 Å². The molecule has 1 unspecified atom stereocenters. The number of thiazole rings is 1. The Morgan fingerprint density at radius 3 is 2.87 bits per heavy atom. The van der Waals surface area contributed by atoms with Gasteiger partial charge in [0.25, 0.3) is 0 Å². The highest BCUT2D eigenvalue weighted by molar-refractivity contribution is 7.86. The summed E-state index contributed by atoms with van der Waals surface area (Å²) in [5, 5.41) is 9.31. The summed E-state index contributed by atoms with van der Waals surface area (Å²) < 4.78 is 11.8. The molecule has 0 saturated carbocycles. The van der Waals surface area contributed by atoms with E-state index in [9.17, 15) is 9.32 Å². The Balaban J connectivity index is 2.41. The zero-order valence-corrected chi connectivity index (χ0v) is 9.64. The summed E-state index contributed by atoms with van der Waals surface area (Å²) >= 11 is 1.38. The Morgan fingerprint density at radius 1 is 1.47 bits per heavy atom. The predicted octanol–water partition coefficient (Wildman–Crippen LogP) is 2.25. The van der Waals surface area contributed by atoms with Gasteiger partial charge < -0.3 is 5.11 Å². The third-order valence-corrected chi connectivity index (χ3v) is 4.25. The van der Waals surface area contributed by atoms with Crippen LogP contribution in [0.4, 0.5) is 0 Å². The van der Waals surface area contributed by atoms with Crippen LogP contribution in [0.15, 0.2) is 34.8 Å². The van der Waals surface area contributed by atoms with Crippen LogP contribution < -0.4 is 0 Å². The molecule has 0 aliphatic heterocycles. The van der Waals surface area contributed by atoms with E-state index in [1.54, 1.807) is 30.7 Å². The fraction of sp³-hybridized carbons (Fsp3) is 0.100. The van der Waals surface area contributed by atoms with E-state index in [1.807, 2.05) is 6.07 Å². The fourth-order valence-corrected chi connectivity index (χ4v) is 2.77. The van der Waals surface area contributed by atoms with Crippen molar-refractivity contribution >= 4 is 22.1 Å². The van der Waals surface area contributed by atoms with E-state index in [2.05, 4.69) is 4.98 Å². The lowest BCUT2D eigenvalue weighted by Crippen LogP contribution is -1.82. The number of aromatic nitrogens is 1. The molecule has 0 amide bonds. The van der Waals surface area contributed by atoms with Crippen LogP contribution in [0, 0.1) is 0 Å². The van der Waals surface area contributed by atoms with Gasteiger partial charge in [-0.15, -0.1) is 11.3 Å². The minimum atomic E-state index is -1.04. The largest absolute Gasteiger partial charge is 0.508 e. The van der Waals surface area contributed by atoms with Crippen LogP contribution in [0.5, 0.6) is 5.75 Å². The van der Waals surface area contributed by atoms with Crippen LogP contribution in [0.1, 0.15) is 0 Å². The van der Waals surface area contributed by atoms with Gasteiger partial charge in [-0.25, -0.2) is 4.98 Å². The SMILES string of the molecule is CS(=O)c1ncc(-c2cccc(O)c2)s1. The predicted molar refractivity (Wildman–Crippen MR) is 61.5 cm³/mol. The number of hydrogen-bond acceptors (Lipinski definition) is 4. The Bertz CT molecular complexity index is 508. The molecule has 0 spiro atoms. The molecule has 0 bridgehead atoms. The van der Waals surface area contributed by atoms with Crippen LogP contribution in [0.25, 0.3) is 10.4 Å². The molecule has 1 heterocycles. The maximum atomic E-state index is 11.2. The van der Waals surface area contributed by atoms with Gasteiger partial charge in [0, 0.05) is 12.5 Å². The normalized spacial score (nSPS) is 12.6. The molecule has 3 nitrogen and oxygen atoms in total. The second kappa shape index (κ2) is 4.12. The van der Waals surface area contributed by atoms with Crippen molar-refractivity contribution in [2.45, 2.75) is 4.34 Å². The lowest BCUT2D eigenvalue weighted by Gasteiger charge is -1.96. The average molecular weight is 239 g/mol. The molecule has 1 N–H and O–H groups in total. The molecule has 1 atom stereocenters. The van der Waals surface area contributed by atoms with Gasteiger partial charge in [0.2, 0.25) is 0 Å². The van der Waals surface area contributed by atoms with Gasteiger partial charge in [-0.2, -0.15) is 0 Å². The Kier molecular flexibility index (Phi) is 2.83. The van der Waals surface area contributed by atoms with Crippen molar-refractivity contribution in [2.75, 3.05) is 6.26 Å². The smallest absolute Gasteiger partial charge is 0.180 e. The van der Waals surface area contributed by atoms with Gasteiger partial charge in [0.15, 0.2) is 4.34 Å². The molecule has 2 rings (SSSR count). The first-order chi connectivity index (χ1) is 7.16. The summed E-state index contributed by atoms with van der Waals surface area (Å²) in [5.74, 6) is 0.222. The molecular weight excluding hydrogens is 230 g/mol. The fourth-order valence-electron chi connectivity index (χ4n) is 1.18. The molecule has 5 heteroatoms. The molecule has 0 saturated heterocycles. The number of aromatic hydroxyl groups is 1. The summed E-state index contributed by atoms with van der Waals surface area (Å²) in [6.07, 6.45) is 3.28. The Hall–Kier alpha value is -1.20. The van der Waals surface area contributed by atoms with Gasteiger partial charge >= 0.3 is 0 Å². The summed E-state index contributed by atoms with van der Waals surface area (Å²) in [7, 11) is -1.04. The van der Waals surface area contributed by atoms with Crippen molar-refractivity contribution in [2.24, 2.45) is 0 Å². The van der Waals surface area contributed by atoms with E-state index in [1.165, 1.54) is 11.3 Å². The quantitative estimate of drug-likeness (QED) is 0.874. The lowest BCUT2D eigenvalue weighted by atomic mass is 10.2. The number of benzene rings is 1. The molecule has 78 valence electrons. The number of hydrogen-bond donors (Lipinski definition) is 1. The van der Waals surface area contributed by atoms with Crippen molar-refractivity contribution in [3.8, 4) is 16.2 Å². The number of nitrogens with zero attached hydrogens (tertiary/aromatic N) is 1. The third-order valence-electron chi connectivity index (χ3n) is 1.86. The van der Waals surface area contributed by atoms with Gasteiger partial charge in [0.05, 0.1) is 15.7 Å². The minimum Gasteiger partial charge on any atom is -0.508 e. The summed E-state index contributed by atoms with van der Waals surface area (Å²) in [5.41, 5.74) is 0.893. The number of phenols is 1. The topological polar surface area (TPSA) is 50.2 Å². The van der Waals surface area contributed by atoms with Crippen LogP contribution in [0.2, 0.25) is 0 Å². The van der Waals surface area contributed by atoms with Crippen molar-refractivity contribution in [1.82, 2.24) is 4.98 Å². The van der Waals surface area contributed by atoms with E-state index < -0.39 is 10.8 Å². The summed E-state index contributed by atoms with van der Waals surface area (Å²) in [4.78, 5) is 4.97. The Labute approximate surface area is 93.9 Å². The first-order valence-corrected chi connectivity index (χ1v) is 6.63. The van der Waals surface area contributed by atoms with Crippen molar-refractivity contribution in [3.63, 3.8) is 0 Å². The molecule has 0 radical (unpaired) electrons. The van der Waals surface area contributed by atoms with Crippen molar-refractivity contribution in [3.05, 3.63) is 30.5 Å². The maximum Gasteiger partial charge on any atom is 0.180 e. The van der Waals surface area contributed by atoms with Crippen LogP contribution >= 0.6 is 11.3 Å². The first kappa shape index (κ1) is 10.3. The van der Waals surface area contributed by atoms with Crippen LogP contribution in [0.3, 0.4) is 0 Å². The first-order valence-electron chi connectivity index (χ1n) is 4.25. The van der Waals surface area contributed by atoms with Crippen molar-refractivity contribution in [1.29, 1.82) is 0 Å². The zero-order valence-electron chi connectivity index (χ0n) is 8.01. The molecule has 0 aliphatic carbocycles. The van der Waals surface area contributed by atoms with Gasteiger partial charge in [-0.05, 0) is 17.7 Å². The summed E-state index contributed by atoms with van der Waals surface area (Å²) in [6.45, 7) is 0. The van der Waals surface area contributed by atoms with Crippen molar-refractivity contribution < 1.29 is 9.32 Å². The molecular formula is C10H9NO2S2. The van der Waals surface area contributed by atoms with Gasteiger partial charge in [-0.1, -0.05) is 12.1 Å². The standard InChI is InChI=1S/C10H9NO2S2/c1-15(13)10-11-6-9(14-10)7-3-2-4-8(12)5-7/h2-6,12H,1H3. The zero-order chi connectivity index (χ0) is 10.8. The number of phenolic OH excluding ortho intramolecular Hbond substituents is 1. The highest BCUT2D eigenvalue weighted by Gasteiger charge is 2.07. The van der Waals surface area contributed by atoms with Gasteiger partial charge in [-0.3, -0.25) is 4.21 Å². The lowest BCUT2D eigenvalue weighted by molar-refractivity contribution is 0.475. The van der Waals surface area contributed by atoms with E-state index in [4.69, 9.17) is 0 Å². The Morgan fingerprint density at radius 2 is 2.27 bits per heavy atom. The highest BCUT2D eigenvalue weighted by atomic mass is 32.2. The van der Waals surface area contributed by atoms with E-state index >= 15 is 0 Å². The molecule has 15 heavy (non-hydrogen) atoms. The molecule has 2 aromatic rings. The third kappa shape index (κ3) is 2.24. The van der Waals surface area contributed by atoms with Crippen LogP contribution in [-0.2, 0) is 10.8 Å². The number of rotatable bonds is 2.